The van der Waals surface area contributed by atoms with Gasteiger partial charge in [0.15, 0.2) is 0 Å². The van der Waals surface area contributed by atoms with Crippen LogP contribution in [0.1, 0.15) is 13.3 Å². The summed E-state index contributed by atoms with van der Waals surface area (Å²) in [5, 5.41) is 16.2. The molecule has 1 rings (SSSR count). The standard InChI is InChI=1S/C10H12N2O3/c1-7(10(14)15)12-6-4-2-3-5-8(11)9(12)13/h2-4,6-7,11H,5H2,1H3,(H,14,15). The van der Waals surface area contributed by atoms with Gasteiger partial charge in [-0.2, -0.15) is 0 Å². The van der Waals surface area contributed by atoms with Crippen LogP contribution < -0.4 is 0 Å². The van der Waals surface area contributed by atoms with Crippen molar-refractivity contribution in [3.05, 3.63) is 24.4 Å². The second-order valence-electron chi connectivity index (χ2n) is 3.18. The van der Waals surface area contributed by atoms with Crippen molar-refractivity contribution in [1.82, 2.24) is 4.90 Å². The maximum absolute atomic E-state index is 11.6. The summed E-state index contributed by atoms with van der Waals surface area (Å²) in [6.45, 7) is 1.41. The van der Waals surface area contributed by atoms with E-state index in [-0.39, 0.29) is 12.1 Å². The molecule has 0 aliphatic carbocycles. The van der Waals surface area contributed by atoms with E-state index >= 15 is 0 Å². The molecule has 0 saturated heterocycles. The monoisotopic (exact) mass is 208 g/mol. The van der Waals surface area contributed by atoms with E-state index in [0.29, 0.717) is 0 Å². The van der Waals surface area contributed by atoms with Crippen LogP contribution in [0.5, 0.6) is 0 Å². The van der Waals surface area contributed by atoms with Gasteiger partial charge in [0.2, 0.25) is 0 Å². The minimum atomic E-state index is -1.09. The number of carbonyl (C=O) groups excluding carboxylic acids is 1. The first-order valence-electron chi connectivity index (χ1n) is 4.50. The number of aliphatic carboxylic acids is 1. The number of allylic oxidation sites excluding steroid dienone is 3. The van der Waals surface area contributed by atoms with E-state index in [2.05, 4.69) is 0 Å². The molecule has 1 unspecified atom stereocenters. The Hall–Kier alpha value is -1.91. The first kappa shape index (κ1) is 11.2. The maximum atomic E-state index is 11.6. The second-order valence-corrected chi connectivity index (χ2v) is 3.18. The van der Waals surface area contributed by atoms with Gasteiger partial charge in [-0.25, -0.2) is 4.79 Å². The van der Waals surface area contributed by atoms with Crippen molar-refractivity contribution in [1.29, 1.82) is 5.41 Å². The second kappa shape index (κ2) is 4.54. The van der Waals surface area contributed by atoms with E-state index in [0.717, 1.165) is 4.90 Å². The lowest BCUT2D eigenvalue weighted by molar-refractivity contribution is -0.145. The molecule has 1 aliphatic heterocycles. The highest BCUT2D eigenvalue weighted by atomic mass is 16.4. The van der Waals surface area contributed by atoms with Crippen LogP contribution in [0.4, 0.5) is 0 Å². The number of hydrogen-bond donors (Lipinski definition) is 2. The molecule has 2 N–H and O–H groups in total. The fourth-order valence-electron chi connectivity index (χ4n) is 1.14. The fourth-order valence-corrected chi connectivity index (χ4v) is 1.14. The van der Waals surface area contributed by atoms with E-state index in [1.54, 1.807) is 18.2 Å². The maximum Gasteiger partial charge on any atom is 0.326 e. The molecule has 0 bridgehead atoms. The van der Waals surface area contributed by atoms with Crippen molar-refractivity contribution in [2.45, 2.75) is 19.4 Å². The Balaban J connectivity index is 2.97. The molecule has 15 heavy (non-hydrogen) atoms. The summed E-state index contributed by atoms with van der Waals surface area (Å²) in [4.78, 5) is 23.4. The summed E-state index contributed by atoms with van der Waals surface area (Å²) in [5.41, 5.74) is -0.108. The molecule has 0 radical (unpaired) electrons. The largest absolute Gasteiger partial charge is 0.480 e. The van der Waals surface area contributed by atoms with Gasteiger partial charge >= 0.3 is 5.97 Å². The highest BCUT2D eigenvalue weighted by Crippen LogP contribution is 2.07. The van der Waals surface area contributed by atoms with Gasteiger partial charge < -0.3 is 5.11 Å². The van der Waals surface area contributed by atoms with Gasteiger partial charge in [0.05, 0.1) is 0 Å². The number of carbonyl (C=O) groups is 2. The van der Waals surface area contributed by atoms with Crippen LogP contribution in [-0.2, 0) is 9.59 Å². The van der Waals surface area contributed by atoms with Gasteiger partial charge in [-0.1, -0.05) is 12.2 Å². The third-order valence-electron chi connectivity index (χ3n) is 2.08. The van der Waals surface area contributed by atoms with Crippen molar-refractivity contribution in [2.24, 2.45) is 0 Å². The lowest BCUT2D eigenvalue weighted by Gasteiger charge is -2.23. The summed E-state index contributed by atoms with van der Waals surface area (Å²) >= 11 is 0. The summed E-state index contributed by atoms with van der Waals surface area (Å²) in [6, 6.07) is -0.958. The van der Waals surface area contributed by atoms with Gasteiger partial charge in [0.1, 0.15) is 11.8 Å². The fraction of sp³-hybridized carbons (Fsp3) is 0.300. The van der Waals surface area contributed by atoms with Crippen LogP contribution >= 0.6 is 0 Å². The topological polar surface area (TPSA) is 81.5 Å². The van der Waals surface area contributed by atoms with Crippen LogP contribution in [-0.4, -0.2) is 33.6 Å². The summed E-state index contributed by atoms with van der Waals surface area (Å²) < 4.78 is 0. The molecule has 1 heterocycles. The van der Waals surface area contributed by atoms with Gasteiger partial charge in [-0.05, 0) is 13.0 Å². The number of hydrogen-bond acceptors (Lipinski definition) is 3. The summed E-state index contributed by atoms with van der Waals surface area (Å²) in [6.07, 6.45) is 6.56. The predicted molar refractivity (Wildman–Crippen MR) is 54.6 cm³/mol. The van der Waals surface area contributed by atoms with Gasteiger partial charge in [0, 0.05) is 12.6 Å². The van der Waals surface area contributed by atoms with Gasteiger partial charge in [0.25, 0.3) is 5.91 Å². The van der Waals surface area contributed by atoms with Crippen molar-refractivity contribution >= 4 is 17.6 Å². The number of rotatable bonds is 2. The van der Waals surface area contributed by atoms with Crippen molar-refractivity contribution in [2.75, 3.05) is 0 Å². The van der Waals surface area contributed by atoms with E-state index < -0.39 is 17.9 Å². The lowest BCUT2D eigenvalue weighted by Crippen LogP contribution is -2.42. The van der Waals surface area contributed by atoms with E-state index in [1.807, 2.05) is 0 Å². The zero-order chi connectivity index (χ0) is 11.4. The number of nitrogens with one attached hydrogen (secondary N) is 1. The normalized spacial score (nSPS) is 18.6. The first-order valence-corrected chi connectivity index (χ1v) is 4.50. The molecule has 0 spiro atoms. The van der Waals surface area contributed by atoms with Gasteiger partial charge in [-0.15, -0.1) is 0 Å². The molecule has 1 aliphatic rings. The Morgan fingerprint density at radius 3 is 2.87 bits per heavy atom. The zero-order valence-corrected chi connectivity index (χ0v) is 8.30. The first-order chi connectivity index (χ1) is 7.04. The molecular weight excluding hydrogens is 196 g/mol. The van der Waals surface area contributed by atoms with Crippen LogP contribution in [0.3, 0.4) is 0 Å². The molecule has 0 fully saturated rings. The van der Waals surface area contributed by atoms with Crippen LogP contribution in [0.15, 0.2) is 24.4 Å². The van der Waals surface area contributed by atoms with E-state index in [4.69, 9.17) is 10.5 Å². The minimum Gasteiger partial charge on any atom is -0.480 e. The number of carboxylic acids is 1. The number of carboxylic acid groups (broad SMARTS) is 1. The van der Waals surface area contributed by atoms with Crippen molar-refractivity contribution < 1.29 is 14.7 Å². The molecular formula is C10H12N2O3. The molecule has 80 valence electrons. The number of amides is 1. The third-order valence-corrected chi connectivity index (χ3v) is 2.08. The van der Waals surface area contributed by atoms with E-state index in [9.17, 15) is 9.59 Å². The van der Waals surface area contributed by atoms with E-state index in [1.165, 1.54) is 13.1 Å². The highest BCUT2D eigenvalue weighted by molar-refractivity contribution is 6.38. The zero-order valence-electron chi connectivity index (χ0n) is 8.30. The summed E-state index contributed by atoms with van der Waals surface area (Å²) in [7, 11) is 0. The quantitative estimate of drug-likeness (QED) is 0.703. The van der Waals surface area contributed by atoms with Gasteiger partial charge in [-0.3, -0.25) is 15.1 Å². The Bertz CT molecular complexity index is 358. The molecule has 5 nitrogen and oxygen atoms in total. The van der Waals surface area contributed by atoms with Crippen molar-refractivity contribution in [3.8, 4) is 0 Å². The lowest BCUT2D eigenvalue weighted by atomic mass is 10.1. The molecule has 5 heteroatoms. The molecule has 1 amide bonds. The SMILES string of the molecule is CC(C(=O)O)N1C=CC=CCC(=N)C1=O. The Morgan fingerprint density at radius 2 is 2.27 bits per heavy atom. The highest BCUT2D eigenvalue weighted by Gasteiger charge is 2.26. The Labute approximate surface area is 87.2 Å². The molecule has 0 saturated carbocycles. The van der Waals surface area contributed by atoms with Crippen molar-refractivity contribution in [3.63, 3.8) is 0 Å². The average molecular weight is 208 g/mol. The smallest absolute Gasteiger partial charge is 0.326 e. The van der Waals surface area contributed by atoms with Crippen LogP contribution in [0.2, 0.25) is 0 Å². The summed E-state index contributed by atoms with van der Waals surface area (Å²) in [5.74, 6) is -1.66. The molecule has 0 aromatic rings. The molecule has 0 aromatic carbocycles. The Morgan fingerprint density at radius 1 is 1.60 bits per heavy atom. The Kier molecular flexibility index (Phi) is 3.38. The van der Waals surface area contributed by atoms with Crippen LogP contribution in [0, 0.1) is 5.41 Å². The molecule has 0 aromatic heterocycles. The number of nitrogens with zero attached hydrogens (tertiary/aromatic N) is 1. The minimum absolute atomic E-state index is 0.108. The molecule has 1 atom stereocenters. The average Bonchev–Trinajstić information content (AvgIpc) is 2.19. The third kappa shape index (κ3) is 2.52. The van der Waals surface area contributed by atoms with Crippen LogP contribution in [0.25, 0.3) is 0 Å². The predicted octanol–water partition coefficient (Wildman–Crippen LogP) is 0.781.